The van der Waals surface area contributed by atoms with Crippen LogP contribution in [0.2, 0.25) is 0 Å². The van der Waals surface area contributed by atoms with E-state index in [2.05, 4.69) is 24.1 Å². The topological polar surface area (TPSA) is 72.9 Å². The molecule has 0 radical (unpaired) electrons. The second kappa shape index (κ2) is 7.64. The van der Waals surface area contributed by atoms with Gasteiger partial charge in [0.15, 0.2) is 0 Å². The Morgan fingerprint density at radius 2 is 2.10 bits per heavy atom. The van der Waals surface area contributed by atoms with Crippen molar-refractivity contribution in [1.29, 1.82) is 0 Å². The van der Waals surface area contributed by atoms with E-state index in [9.17, 15) is 14.7 Å². The summed E-state index contributed by atoms with van der Waals surface area (Å²) in [4.78, 5) is 27.5. The standard InChI is InChI=1S/C15H29N3O3/c1-5-12(3)17(4)11-9-16-14(21)18-10-7-8-15(18,6-2)13(19)20/h12H,5-11H2,1-4H3,(H,16,21)(H,19,20). The van der Waals surface area contributed by atoms with Crippen molar-refractivity contribution in [2.75, 3.05) is 26.7 Å². The molecule has 1 rings (SSSR count). The van der Waals surface area contributed by atoms with Crippen LogP contribution >= 0.6 is 0 Å². The Kier molecular flexibility index (Phi) is 6.45. The molecule has 2 amide bonds. The van der Waals surface area contributed by atoms with Crippen molar-refractivity contribution in [1.82, 2.24) is 15.1 Å². The Balaban J connectivity index is 2.53. The smallest absolute Gasteiger partial charge is 0.329 e. The van der Waals surface area contributed by atoms with E-state index in [1.807, 2.05) is 14.0 Å². The molecule has 0 aromatic heterocycles. The van der Waals surface area contributed by atoms with E-state index in [1.54, 1.807) is 0 Å². The number of hydrogen-bond acceptors (Lipinski definition) is 3. The van der Waals surface area contributed by atoms with Gasteiger partial charge in [-0.05, 0) is 39.7 Å². The average Bonchev–Trinajstić information content (AvgIpc) is 2.91. The van der Waals surface area contributed by atoms with Gasteiger partial charge in [-0.2, -0.15) is 0 Å². The van der Waals surface area contributed by atoms with Crippen molar-refractivity contribution in [3.8, 4) is 0 Å². The lowest BCUT2D eigenvalue weighted by atomic mass is 9.93. The van der Waals surface area contributed by atoms with Crippen LogP contribution in [-0.4, -0.2) is 65.2 Å². The maximum absolute atomic E-state index is 12.3. The minimum absolute atomic E-state index is 0.255. The van der Waals surface area contributed by atoms with Crippen molar-refractivity contribution < 1.29 is 14.7 Å². The highest BCUT2D eigenvalue weighted by molar-refractivity contribution is 5.87. The van der Waals surface area contributed by atoms with Gasteiger partial charge in [-0.25, -0.2) is 9.59 Å². The Bertz CT molecular complexity index is 375. The largest absolute Gasteiger partial charge is 0.479 e. The van der Waals surface area contributed by atoms with Crippen molar-refractivity contribution >= 4 is 12.0 Å². The monoisotopic (exact) mass is 299 g/mol. The molecule has 0 aliphatic carbocycles. The van der Waals surface area contributed by atoms with E-state index >= 15 is 0 Å². The fourth-order valence-corrected chi connectivity index (χ4v) is 2.88. The third-order valence-corrected chi connectivity index (χ3v) is 4.80. The third-order valence-electron chi connectivity index (χ3n) is 4.80. The second-order valence-corrected chi connectivity index (χ2v) is 5.92. The molecular formula is C15H29N3O3. The van der Waals surface area contributed by atoms with E-state index in [1.165, 1.54) is 4.90 Å². The van der Waals surface area contributed by atoms with Crippen LogP contribution in [0.1, 0.15) is 46.5 Å². The molecule has 1 fully saturated rings. The molecule has 6 heteroatoms. The third kappa shape index (κ3) is 3.87. The highest BCUT2D eigenvalue weighted by Crippen LogP contribution is 2.32. The summed E-state index contributed by atoms with van der Waals surface area (Å²) >= 11 is 0. The maximum Gasteiger partial charge on any atom is 0.329 e. The van der Waals surface area contributed by atoms with Gasteiger partial charge < -0.3 is 20.2 Å². The summed E-state index contributed by atoms with van der Waals surface area (Å²) in [5.74, 6) is -0.894. The molecule has 0 spiro atoms. The SMILES string of the molecule is CCC(C)N(C)CCNC(=O)N1CCCC1(CC)C(=O)O. The summed E-state index contributed by atoms with van der Waals surface area (Å²) in [5, 5.41) is 12.3. The quantitative estimate of drug-likeness (QED) is 0.751. The Labute approximate surface area is 127 Å². The van der Waals surface area contributed by atoms with E-state index in [0.717, 1.165) is 19.4 Å². The number of carboxylic acid groups (broad SMARTS) is 1. The number of hydrogen-bond donors (Lipinski definition) is 2. The van der Waals surface area contributed by atoms with Crippen molar-refractivity contribution in [2.24, 2.45) is 0 Å². The van der Waals surface area contributed by atoms with Gasteiger partial charge in [0.1, 0.15) is 5.54 Å². The van der Waals surface area contributed by atoms with Crippen LogP contribution < -0.4 is 5.32 Å². The van der Waals surface area contributed by atoms with E-state index < -0.39 is 11.5 Å². The predicted molar refractivity (Wildman–Crippen MR) is 82.4 cm³/mol. The molecule has 21 heavy (non-hydrogen) atoms. The van der Waals surface area contributed by atoms with Crippen LogP contribution in [0.15, 0.2) is 0 Å². The van der Waals surface area contributed by atoms with Gasteiger partial charge in [0.05, 0.1) is 0 Å². The number of rotatable bonds is 7. The van der Waals surface area contributed by atoms with Gasteiger partial charge in [0.25, 0.3) is 0 Å². The van der Waals surface area contributed by atoms with Crippen LogP contribution in [-0.2, 0) is 4.79 Å². The first-order valence-corrected chi connectivity index (χ1v) is 7.88. The molecule has 0 aromatic carbocycles. The molecule has 0 saturated carbocycles. The number of carbonyl (C=O) groups is 2. The fourth-order valence-electron chi connectivity index (χ4n) is 2.88. The van der Waals surface area contributed by atoms with Gasteiger partial charge in [0.2, 0.25) is 0 Å². The molecule has 6 nitrogen and oxygen atoms in total. The molecule has 2 N–H and O–H groups in total. The number of nitrogens with zero attached hydrogens (tertiary/aromatic N) is 2. The number of carbonyl (C=O) groups excluding carboxylic acids is 1. The van der Waals surface area contributed by atoms with E-state index in [4.69, 9.17) is 0 Å². The maximum atomic E-state index is 12.3. The Morgan fingerprint density at radius 1 is 1.43 bits per heavy atom. The number of aliphatic carboxylic acids is 1. The lowest BCUT2D eigenvalue weighted by molar-refractivity contribution is -0.148. The number of likely N-dealkylation sites (N-methyl/N-ethyl adjacent to an activating group) is 1. The normalized spacial score (nSPS) is 23.4. The molecule has 1 heterocycles. The van der Waals surface area contributed by atoms with E-state index in [-0.39, 0.29) is 6.03 Å². The minimum Gasteiger partial charge on any atom is -0.479 e. The fraction of sp³-hybridized carbons (Fsp3) is 0.867. The van der Waals surface area contributed by atoms with Gasteiger partial charge in [-0.3, -0.25) is 0 Å². The molecule has 1 aliphatic heterocycles. The summed E-state index contributed by atoms with van der Waals surface area (Å²) in [5.41, 5.74) is -1.02. The van der Waals surface area contributed by atoms with Gasteiger partial charge in [-0.15, -0.1) is 0 Å². The van der Waals surface area contributed by atoms with Crippen molar-refractivity contribution in [2.45, 2.75) is 58.0 Å². The predicted octanol–water partition coefficient (Wildman–Crippen LogP) is 1.76. The number of urea groups is 1. The minimum atomic E-state index is -1.02. The van der Waals surface area contributed by atoms with Crippen molar-refractivity contribution in [3.05, 3.63) is 0 Å². The molecule has 2 atom stereocenters. The molecular weight excluding hydrogens is 270 g/mol. The molecule has 0 bridgehead atoms. The van der Waals surface area contributed by atoms with Gasteiger partial charge >= 0.3 is 12.0 Å². The molecule has 0 aromatic rings. The van der Waals surface area contributed by atoms with Crippen LogP contribution in [0.5, 0.6) is 0 Å². The summed E-state index contributed by atoms with van der Waals surface area (Å²) in [7, 11) is 2.03. The summed E-state index contributed by atoms with van der Waals surface area (Å²) in [6, 6.07) is 0.219. The highest BCUT2D eigenvalue weighted by atomic mass is 16.4. The number of likely N-dealkylation sites (tertiary alicyclic amines) is 1. The van der Waals surface area contributed by atoms with Crippen LogP contribution in [0.25, 0.3) is 0 Å². The number of amides is 2. The van der Waals surface area contributed by atoms with Crippen LogP contribution in [0.4, 0.5) is 4.79 Å². The first kappa shape index (κ1) is 17.8. The Hall–Kier alpha value is -1.30. The first-order valence-electron chi connectivity index (χ1n) is 7.88. The van der Waals surface area contributed by atoms with Gasteiger partial charge in [0, 0.05) is 25.7 Å². The number of nitrogens with one attached hydrogen (secondary N) is 1. The molecule has 122 valence electrons. The van der Waals surface area contributed by atoms with E-state index in [0.29, 0.717) is 32.0 Å². The highest BCUT2D eigenvalue weighted by Gasteiger charge is 2.48. The summed E-state index contributed by atoms with van der Waals surface area (Å²) in [6.45, 7) is 7.93. The molecule has 2 unspecified atom stereocenters. The molecule has 1 aliphatic rings. The Morgan fingerprint density at radius 3 is 2.62 bits per heavy atom. The second-order valence-electron chi connectivity index (χ2n) is 5.92. The summed E-state index contributed by atoms with van der Waals surface area (Å²) in [6.07, 6.45) is 2.80. The number of carboxylic acids is 1. The lowest BCUT2D eigenvalue weighted by Crippen LogP contribution is -2.56. The summed E-state index contributed by atoms with van der Waals surface area (Å²) < 4.78 is 0. The first-order chi connectivity index (χ1) is 9.89. The zero-order chi connectivity index (χ0) is 16.0. The lowest BCUT2D eigenvalue weighted by Gasteiger charge is -2.34. The average molecular weight is 299 g/mol. The zero-order valence-electron chi connectivity index (χ0n) is 13.7. The van der Waals surface area contributed by atoms with Gasteiger partial charge in [-0.1, -0.05) is 13.8 Å². The van der Waals surface area contributed by atoms with Crippen LogP contribution in [0.3, 0.4) is 0 Å². The van der Waals surface area contributed by atoms with Crippen molar-refractivity contribution in [3.63, 3.8) is 0 Å². The molecule has 1 saturated heterocycles. The van der Waals surface area contributed by atoms with Crippen LogP contribution in [0, 0.1) is 0 Å². The zero-order valence-corrected chi connectivity index (χ0v) is 13.7.